The maximum absolute atomic E-state index is 11.9. The number of alkyl halides is 3. The zero-order valence-electron chi connectivity index (χ0n) is 8.25. The van der Waals surface area contributed by atoms with E-state index in [-0.39, 0.29) is 0 Å². The molecule has 0 atom stereocenters. The van der Waals surface area contributed by atoms with E-state index in [0.29, 0.717) is 16.9 Å². The van der Waals surface area contributed by atoms with Crippen molar-refractivity contribution in [3.05, 3.63) is 30.1 Å². The highest BCUT2D eigenvalue weighted by Gasteiger charge is 2.34. The molecule has 6 heteroatoms. The summed E-state index contributed by atoms with van der Waals surface area (Å²) < 4.78 is -0.670. The van der Waals surface area contributed by atoms with Gasteiger partial charge in [0.05, 0.1) is 11.0 Å². The van der Waals surface area contributed by atoms with Gasteiger partial charge in [0.2, 0.25) is 0 Å². The second kappa shape index (κ2) is 3.91. The number of rotatable bonds is 0. The molecule has 0 N–H and O–H groups in total. The third-order valence-corrected chi connectivity index (χ3v) is 2.66. The van der Waals surface area contributed by atoms with Crippen LogP contribution >= 0.6 is 34.8 Å². The molecule has 16 heavy (non-hydrogen) atoms. The van der Waals surface area contributed by atoms with Crippen LogP contribution in [0.3, 0.4) is 0 Å². The number of para-hydroxylation sites is 2. The van der Waals surface area contributed by atoms with Gasteiger partial charge in [-0.2, -0.15) is 0 Å². The molecule has 0 saturated heterocycles. The summed E-state index contributed by atoms with van der Waals surface area (Å²) in [7, 11) is 0. The summed E-state index contributed by atoms with van der Waals surface area (Å²) in [4.78, 5) is 16.1. The topological polar surface area (TPSA) is 34.9 Å². The minimum absolute atomic E-state index is 0.498. The Morgan fingerprint density at radius 2 is 1.94 bits per heavy atom. The van der Waals surface area contributed by atoms with Gasteiger partial charge in [-0.3, -0.25) is 9.36 Å². The number of hydrogen-bond donors (Lipinski definition) is 0. The van der Waals surface area contributed by atoms with Crippen LogP contribution in [0.1, 0.15) is 10.6 Å². The van der Waals surface area contributed by atoms with Crippen molar-refractivity contribution in [1.82, 2.24) is 9.55 Å². The molecule has 1 aromatic heterocycles. The quantitative estimate of drug-likeness (QED) is 0.692. The van der Waals surface area contributed by atoms with Crippen LogP contribution in [0.15, 0.2) is 24.3 Å². The van der Waals surface area contributed by atoms with Gasteiger partial charge in [0.1, 0.15) is 5.82 Å². The average molecular weight is 278 g/mol. The number of hydrogen-bond acceptors (Lipinski definition) is 2. The first-order valence-electron chi connectivity index (χ1n) is 4.47. The maximum Gasteiger partial charge on any atom is 0.284 e. The lowest BCUT2D eigenvalue weighted by atomic mass is 10.3. The number of imidazole rings is 1. The van der Waals surface area contributed by atoms with Crippen molar-refractivity contribution in [2.24, 2.45) is 0 Å². The summed E-state index contributed by atoms with van der Waals surface area (Å²) in [5.41, 5.74) is 1.33. The van der Waals surface area contributed by atoms with E-state index in [0.717, 1.165) is 0 Å². The van der Waals surface area contributed by atoms with Gasteiger partial charge >= 0.3 is 0 Å². The predicted molar refractivity (Wildman–Crippen MR) is 65.4 cm³/mol. The van der Waals surface area contributed by atoms with Gasteiger partial charge in [0, 0.05) is 0 Å². The van der Waals surface area contributed by atoms with E-state index in [1.807, 2.05) is 6.07 Å². The SMILES string of the molecule is Cc1nc2ccccc2n1C(=O)C(Cl)(Cl)Cl. The molecule has 0 saturated carbocycles. The van der Waals surface area contributed by atoms with Crippen LogP contribution < -0.4 is 0 Å². The minimum atomic E-state index is -1.98. The zero-order valence-corrected chi connectivity index (χ0v) is 10.5. The van der Waals surface area contributed by atoms with E-state index in [9.17, 15) is 4.79 Å². The molecule has 1 heterocycles. The molecule has 0 bridgehead atoms. The Kier molecular flexibility index (Phi) is 2.86. The van der Waals surface area contributed by atoms with Gasteiger partial charge in [0.15, 0.2) is 0 Å². The standard InChI is InChI=1S/C10H7Cl3N2O/c1-6-14-7-4-2-3-5-8(7)15(6)9(16)10(11,12)13/h2-5H,1H3. The molecule has 0 radical (unpaired) electrons. The molecule has 0 spiro atoms. The summed E-state index contributed by atoms with van der Waals surface area (Å²) in [6.07, 6.45) is 0. The maximum atomic E-state index is 11.9. The first kappa shape index (κ1) is 11.7. The number of nitrogens with zero attached hydrogens (tertiary/aromatic N) is 2. The zero-order chi connectivity index (χ0) is 11.9. The van der Waals surface area contributed by atoms with Crippen molar-refractivity contribution in [3.8, 4) is 0 Å². The third kappa shape index (κ3) is 1.90. The molecule has 0 amide bonds. The van der Waals surface area contributed by atoms with Crippen molar-refractivity contribution in [2.75, 3.05) is 0 Å². The smallest absolute Gasteiger partial charge is 0.269 e. The van der Waals surface area contributed by atoms with Crippen molar-refractivity contribution < 1.29 is 4.79 Å². The van der Waals surface area contributed by atoms with Crippen molar-refractivity contribution in [3.63, 3.8) is 0 Å². The molecule has 1 aromatic carbocycles. The molecule has 2 aromatic rings. The summed E-state index contributed by atoms with van der Waals surface area (Å²) >= 11 is 16.7. The first-order chi connectivity index (χ1) is 7.41. The Bertz CT molecular complexity index is 557. The van der Waals surface area contributed by atoms with E-state index >= 15 is 0 Å². The fraction of sp³-hybridized carbons (Fsp3) is 0.200. The van der Waals surface area contributed by atoms with Gasteiger partial charge in [-0.05, 0) is 19.1 Å². The van der Waals surface area contributed by atoms with E-state index in [1.165, 1.54) is 4.57 Å². The van der Waals surface area contributed by atoms with E-state index in [4.69, 9.17) is 34.8 Å². The van der Waals surface area contributed by atoms with E-state index in [2.05, 4.69) is 4.98 Å². The molecular formula is C10H7Cl3N2O. The lowest BCUT2D eigenvalue weighted by Crippen LogP contribution is -2.26. The number of carbonyl (C=O) groups excluding carboxylic acids is 1. The average Bonchev–Trinajstić information content (AvgIpc) is 2.51. The molecule has 84 valence electrons. The van der Waals surface area contributed by atoms with E-state index < -0.39 is 9.70 Å². The fourth-order valence-corrected chi connectivity index (χ4v) is 1.78. The molecule has 0 aliphatic heterocycles. The van der Waals surface area contributed by atoms with Gasteiger partial charge in [-0.25, -0.2) is 4.98 Å². The Morgan fingerprint density at radius 3 is 2.56 bits per heavy atom. The van der Waals surface area contributed by atoms with Crippen LogP contribution in [0.25, 0.3) is 11.0 Å². The second-order valence-electron chi connectivity index (χ2n) is 3.29. The molecular weight excluding hydrogens is 270 g/mol. The van der Waals surface area contributed by atoms with Gasteiger partial charge in [-0.15, -0.1) is 0 Å². The number of halogens is 3. The van der Waals surface area contributed by atoms with Crippen molar-refractivity contribution in [2.45, 2.75) is 10.7 Å². The lowest BCUT2D eigenvalue weighted by molar-refractivity contribution is 0.0920. The van der Waals surface area contributed by atoms with Crippen LogP contribution in [0.5, 0.6) is 0 Å². The molecule has 0 aliphatic rings. The van der Waals surface area contributed by atoms with Gasteiger partial charge in [-0.1, -0.05) is 46.9 Å². The Hall–Kier alpha value is -0.770. The highest BCUT2D eigenvalue weighted by molar-refractivity contribution is 6.76. The molecule has 0 fully saturated rings. The number of aryl methyl sites for hydroxylation is 1. The number of aromatic nitrogens is 2. The van der Waals surface area contributed by atoms with Crippen molar-refractivity contribution in [1.29, 1.82) is 0 Å². The van der Waals surface area contributed by atoms with Crippen LogP contribution in [-0.2, 0) is 0 Å². The van der Waals surface area contributed by atoms with Crippen LogP contribution in [0, 0.1) is 6.92 Å². The second-order valence-corrected chi connectivity index (χ2v) is 5.57. The van der Waals surface area contributed by atoms with E-state index in [1.54, 1.807) is 25.1 Å². The largest absolute Gasteiger partial charge is 0.284 e. The highest BCUT2D eigenvalue weighted by Crippen LogP contribution is 2.30. The van der Waals surface area contributed by atoms with Crippen molar-refractivity contribution >= 4 is 51.7 Å². The highest BCUT2D eigenvalue weighted by atomic mass is 35.6. The summed E-state index contributed by atoms with van der Waals surface area (Å²) in [5, 5.41) is 0. The van der Waals surface area contributed by atoms with Crippen LogP contribution in [0.2, 0.25) is 0 Å². The molecule has 3 nitrogen and oxygen atoms in total. The number of benzene rings is 1. The summed E-state index contributed by atoms with van der Waals surface area (Å²) in [6.45, 7) is 1.69. The van der Waals surface area contributed by atoms with Crippen LogP contribution in [-0.4, -0.2) is 19.3 Å². The summed E-state index contributed by atoms with van der Waals surface area (Å²) in [6, 6.07) is 7.18. The van der Waals surface area contributed by atoms with Gasteiger partial charge < -0.3 is 0 Å². The minimum Gasteiger partial charge on any atom is -0.269 e. The Balaban J connectivity index is 2.69. The van der Waals surface area contributed by atoms with Gasteiger partial charge in [0.25, 0.3) is 9.70 Å². The number of carbonyl (C=O) groups is 1. The molecule has 2 rings (SSSR count). The monoisotopic (exact) mass is 276 g/mol. The fourth-order valence-electron chi connectivity index (χ4n) is 1.53. The predicted octanol–water partition coefficient (Wildman–Crippen LogP) is 3.36. The normalized spacial score (nSPS) is 12.0. The number of fused-ring (bicyclic) bond motifs is 1. The van der Waals surface area contributed by atoms with Crippen LogP contribution in [0.4, 0.5) is 0 Å². The molecule has 0 unspecified atom stereocenters. The Labute approximate surface area is 107 Å². The molecule has 0 aliphatic carbocycles. The summed E-state index contributed by atoms with van der Waals surface area (Å²) in [5.74, 6) is -0.124. The first-order valence-corrected chi connectivity index (χ1v) is 5.60. The lowest BCUT2D eigenvalue weighted by Gasteiger charge is -2.11. The third-order valence-electron chi connectivity index (χ3n) is 2.17. The Morgan fingerprint density at radius 1 is 1.31 bits per heavy atom.